The van der Waals surface area contributed by atoms with Crippen LogP contribution in [-0.2, 0) is 29.1 Å². The summed E-state index contributed by atoms with van der Waals surface area (Å²) in [6.07, 6.45) is 2.23. The van der Waals surface area contributed by atoms with Crippen LogP contribution in [0.25, 0.3) is 11.0 Å². The highest BCUT2D eigenvalue weighted by Crippen LogP contribution is 2.17. The second-order valence-electron chi connectivity index (χ2n) is 6.73. The fourth-order valence-electron chi connectivity index (χ4n) is 3.10. The van der Waals surface area contributed by atoms with E-state index in [0.29, 0.717) is 18.8 Å². The fourth-order valence-corrected chi connectivity index (χ4v) is 3.10. The van der Waals surface area contributed by atoms with Crippen molar-refractivity contribution in [3.63, 3.8) is 0 Å². The molecule has 0 aliphatic carbocycles. The number of amides is 2. The third kappa shape index (κ3) is 4.76. The van der Waals surface area contributed by atoms with Gasteiger partial charge in [0.05, 0.1) is 17.6 Å². The number of hydrogen-bond donors (Lipinski definition) is 2. The lowest BCUT2D eigenvalue weighted by Gasteiger charge is -2.11. The van der Waals surface area contributed by atoms with E-state index in [1.165, 1.54) is 5.56 Å². The highest BCUT2D eigenvalue weighted by molar-refractivity contribution is 5.91. The molecule has 3 rings (SSSR count). The van der Waals surface area contributed by atoms with Gasteiger partial charge in [0.2, 0.25) is 11.8 Å². The highest BCUT2D eigenvalue weighted by Gasteiger charge is 2.14. The van der Waals surface area contributed by atoms with Crippen LogP contribution in [0.1, 0.15) is 38.1 Å². The molecular formula is C22H26N4O2. The van der Waals surface area contributed by atoms with E-state index >= 15 is 0 Å². The average molecular weight is 378 g/mol. The van der Waals surface area contributed by atoms with E-state index < -0.39 is 0 Å². The Kier molecular flexibility index (Phi) is 6.42. The summed E-state index contributed by atoms with van der Waals surface area (Å²) < 4.78 is 1.86. The number of aromatic nitrogens is 2. The van der Waals surface area contributed by atoms with Gasteiger partial charge < -0.3 is 15.2 Å². The first-order valence-corrected chi connectivity index (χ1v) is 9.70. The first-order chi connectivity index (χ1) is 13.6. The minimum Gasteiger partial charge on any atom is -0.349 e. The molecule has 6 nitrogen and oxygen atoms in total. The van der Waals surface area contributed by atoms with Crippen molar-refractivity contribution in [2.75, 3.05) is 5.32 Å². The summed E-state index contributed by atoms with van der Waals surface area (Å²) in [4.78, 5) is 29.1. The molecule has 1 aromatic heterocycles. The highest BCUT2D eigenvalue weighted by atomic mass is 16.2. The molecule has 6 heteroatoms. The topological polar surface area (TPSA) is 76.0 Å². The Hall–Kier alpha value is -3.15. The minimum absolute atomic E-state index is 0.0124. The zero-order valence-electron chi connectivity index (χ0n) is 16.4. The molecule has 0 radical (unpaired) electrons. The summed E-state index contributed by atoms with van der Waals surface area (Å²) >= 11 is 0. The largest absolute Gasteiger partial charge is 0.349 e. The smallest absolute Gasteiger partial charge is 0.244 e. The third-order valence-electron chi connectivity index (χ3n) is 4.60. The van der Waals surface area contributed by atoms with Crippen molar-refractivity contribution in [1.29, 1.82) is 0 Å². The van der Waals surface area contributed by atoms with Gasteiger partial charge in [-0.1, -0.05) is 38.1 Å². The number of nitrogens with one attached hydrogen (secondary N) is 2. The maximum atomic E-state index is 12.6. The number of benzene rings is 2. The van der Waals surface area contributed by atoms with Crippen molar-refractivity contribution in [1.82, 2.24) is 14.9 Å². The number of aryl methyl sites for hydroxylation is 1. The molecule has 0 aliphatic rings. The number of anilines is 1. The summed E-state index contributed by atoms with van der Waals surface area (Å²) in [5.74, 6) is 0.525. The van der Waals surface area contributed by atoms with E-state index in [-0.39, 0.29) is 18.4 Å². The normalized spacial score (nSPS) is 10.8. The molecule has 2 aromatic carbocycles. The van der Waals surface area contributed by atoms with Crippen molar-refractivity contribution >= 4 is 28.5 Å². The van der Waals surface area contributed by atoms with Gasteiger partial charge in [-0.2, -0.15) is 0 Å². The molecule has 0 aliphatic heterocycles. The van der Waals surface area contributed by atoms with Crippen LogP contribution in [0.2, 0.25) is 0 Å². The van der Waals surface area contributed by atoms with E-state index in [9.17, 15) is 9.59 Å². The van der Waals surface area contributed by atoms with Crippen molar-refractivity contribution in [3.05, 3.63) is 59.9 Å². The molecule has 2 N–H and O–H groups in total. The van der Waals surface area contributed by atoms with Gasteiger partial charge in [-0.25, -0.2) is 4.98 Å². The lowest BCUT2D eigenvalue weighted by atomic mass is 10.1. The van der Waals surface area contributed by atoms with Crippen LogP contribution in [-0.4, -0.2) is 21.4 Å². The molecule has 0 fully saturated rings. The molecule has 0 saturated heterocycles. The molecule has 0 bridgehead atoms. The van der Waals surface area contributed by atoms with E-state index in [0.717, 1.165) is 29.6 Å². The minimum atomic E-state index is -0.131. The number of carbonyl (C=O) groups is 2. The first-order valence-electron chi connectivity index (χ1n) is 9.70. The van der Waals surface area contributed by atoms with Crippen LogP contribution in [0, 0.1) is 0 Å². The zero-order valence-corrected chi connectivity index (χ0v) is 16.4. The molecule has 0 saturated carbocycles. The molecule has 0 spiro atoms. The maximum absolute atomic E-state index is 12.6. The maximum Gasteiger partial charge on any atom is 0.244 e. The lowest BCUT2D eigenvalue weighted by molar-refractivity contribution is -0.121. The summed E-state index contributed by atoms with van der Waals surface area (Å²) in [6.45, 7) is 4.49. The number of fused-ring (bicyclic) bond motifs is 1. The van der Waals surface area contributed by atoms with Crippen molar-refractivity contribution in [2.45, 2.75) is 46.2 Å². The Morgan fingerprint density at radius 1 is 1.00 bits per heavy atom. The Balaban J connectivity index is 1.76. The SMILES string of the molecule is CCCC(=O)NCc1nc2ccccc2n1CC(=O)Nc1ccc(CC)cc1. The van der Waals surface area contributed by atoms with Crippen molar-refractivity contribution in [3.8, 4) is 0 Å². The quantitative estimate of drug-likeness (QED) is 0.628. The molecule has 0 unspecified atom stereocenters. The van der Waals surface area contributed by atoms with Crippen molar-refractivity contribution < 1.29 is 9.59 Å². The lowest BCUT2D eigenvalue weighted by Crippen LogP contribution is -2.26. The number of hydrogen-bond acceptors (Lipinski definition) is 3. The summed E-state index contributed by atoms with van der Waals surface area (Å²) in [7, 11) is 0. The predicted octanol–water partition coefficient (Wildman–Crippen LogP) is 3.65. The number of para-hydroxylation sites is 2. The number of imidazole rings is 1. The molecule has 1 heterocycles. The number of carbonyl (C=O) groups excluding carboxylic acids is 2. The average Bonchev–Trinajstić information content (AvgIpc) is 3.04. The van der Waals surface area contributed by atoms with E-state index in [4.69, 9.17) is 0 Å². The Bertz CT molecular complexity index is 960. The van der Waals surface area contributed by atoms with E-state index in [2.05, 4.69) is 22.5 Å². The molecule has 0 atom stereocenters. The number of nitrogens with zero attached hydrogens (tertiary/aromatic N) is 2. The fraction of sp³-hybridized carbons (Fsp3) is 0.318. The predicted molar refractivity (Wildman–Crippen MR) is 111 cm³/mol. The molecular weight excluding hydrogens is 352 g/mol. The van der Waals surface area contributed by atoms with Crippen LogP contribution in [0.4, 0.5) is 5.69 Å². The molecule has 3 aromatic rings. The Morgan fingerprint density at radius 3 is 2.46 bits per heavy atom. The Labute approximate surface area is 165 Å². The Morgan fingerprint density at radius 2 is 1.75 bits per heavy atom. The summed E-state index contributed by atoms with van der Waals surface area (Å²) in [5.41, 5.74) is 3.68. The summed E-state index contributed by atoms with van der Waals surface area (Å²) in [6, 6.07) is 15.5. The van der Waals surface area contributed by atoms with Crippen LogP contribution in [0.3, 0.4) is 0 Å². The zero-order chi connectivity index (χ0) is 19.9. The first kappa shape index (κ1) is 19.6. The van der Waals surface area contributed by atoms with Crippen LogP contribution in [0.15, 0.2) is 48.5 Å². The molecule has 28 heavy (non-hydrogen) atoms. The van der Waals surface area contributed by atoms with Gasteiger partial charge in [-0.05, 0) is 42.7 Å². The van der Waals surface area contributed by atoms with Gasteiger partial charge in [-0.15, -0.1) is 0 Å². The van der Waals surface area contributed by atoms with Crippen LogP contribution in [0.5, 0.6) is 0 Å². The van der Waals surface area contributed by atoms with Gasteiger partial charge >= 0.3 is 0 Å². The molecule has 146 valence electrons. The van der Waals surface area contributed by atoms with Gasteiger partial charge in [0, 0.05) is 12.1 Å². The van der Waals surface area contributed by atoms with Gasteiger partial charge in [0.15, 0.2) is 0 Å². The van der Waals surface area contributed by atoms with E-state index in [1.807, 2.05) is 60.0 Å². The van der Waals surface area contributed by atoms with Crippen LogP contribution < -0.4 is 10.6 Å². The molecule has 2 amide bonds. The second-order valence-corrected chi connectivity index (χ2v) is 6.73. The second kappa shape index (κ2) is 9.17. The van der Waals surface area contributed by atoms with E-state index in [1.54, 1.807) is 0 Å². The number of rotatable bonds is 8. The van der Waals surface area contributed by atoms with Crippen LogP contribution >= 0.6 is 0 Å². The van der Waals surface area contributed by atoms with Gasteiger partial charge in [-0.3, -0.25) is 9.59 Å². The van der Waals surface area contributed by atoms with Gasteiger partial charge in [0.25, 0.3) is 0 Å². The monoisotopic (exact) mass is 378 g/mol. The van der Waals surface area contributed by atoms with Gasteiger partial charge in [0.1, 0.15) is 12.4 Å². The standard InChI is InChI=1S/C22H26N4O2/c1-3-7-21(27)23-14-20-25-18-8-5-6-9-19(18)26(20)15-22(28)24-17-12-10-16(4-2)11-13-17/h5-6,8-13H,3-4,7,14-15H2,1-2H3,(H,23,27)(H,24,28). The third-order valence-corrected chi connectivity index (χ3v) is 4.60. The van der Waals surface area contributed by atoms with Crippen molar-refractivity contribution in [2.24, 2.45) is 0 Å². The summed E-state index contributed by atoms with van der Waals surface area (Å²) in [5, 5.41) is 5.82.